The van der Waals surface area contributed by atoms with Crippen LogP contribution in [0.15, 0.2) is 95.8 Å². The molecule has 6 rings (SSSR count). The predicted octanol–water partition coefficient (Wildman–Crippen LogP) is 5.30. The summed E-state index contributed by atoms with van der Waals surface area (Å²) in [6.07, 6.45) is 0. The van der Waals surface area contributed by atoms with Crippen molar-refractivity contribution in [2.45, 2.75) is 0 Å². The largest absolute Gasteiger partial charge is 0.399 e. The Morgan fingerprint density at radius 2 is 1.51 bits per heavy atom. The third kappa shape index (κ3) is 3.23. The number of anilines is 3. The first kappa shape index (κ1) is 20.6. The van der Waals surface area contributed by atoms with Crippen LogP contribution in [0.5, 0.6) is 0 Å². The van der Waals surface area contributed by atoms with Crippen LogP contribution in [0.4, 0.5) is 17.1 Å². The first-order valence-electron chi connectivity index (χ1n) is 11.1. The predicted molar refractivity (Wildman–Crippen MR) is 137 cm³/mol. The summed E-state index contributed by atoms with van der Waals surface area (Å²) >= 11 is 0. The van der Waals surface area contributed by atoms with Gasteiger partial charge in [-0.2, -0.15) is 0 Å². The number of H-pyrrole nitrogens is 1. The summed E-state index contributed by atoms with van der Waals surface area (Å²) in [5.41, 5.74) is 10.1. The van der Waals surface area contributed by atoms with Crippen molar-refractivity contribution in [3.63, 3.8) is 0 Å². The van der Waals surface area contributed by atoms with Gasteiger partial charge in [0, 0.05) is 39.0 Å². The van der Waals surface area contributed by atoms with Gasteiger partial charge in [-0.3, -0.25) is 14.4 Å². The van der Waals surface area contributed by atoms with E-state index in [1.54, 1.807) is 72.8 Å². The zero-order valence-corrected chi connectivity index (χ0v) is 18.5. The Bertz CT molecular complexity index is 1740. The number of nitrogens with one attached hydrogen (secondary N) is 2. The molecule has 6 nitrogen and oxygen atoms in total. The number of pyridine rings is 1. The van der Waals surface area contributed by atoms with Gasteiger partial charge in [-0.25, -0.2) is 0 Å². The van der Waals surface area contributed by atoms with Crippen LogP contribution in [0.2, 0.25) is 0 Å². The molecule has 0 bridgehead atoms. The summed E-state index contributed by atoms with van der Waals surface area (Å²) < 4.78 is 0. The van der Waals surface area contributed by atoms with Gasteiger partial charge in [-0.05, 0) is 35.9 Å². The second kappa shape index (κ2) is 7.81. The lowest BCUT2D eigenvalue weighted by Gasteiger charge is -2.24. The highest BCUT2D eigenvalue weighted by Gasteiger charge is 2.33. The van der Waals surface area contributed by atoms with Crippen molar-refractivity contribution >= 4 is 39.5 Å². The molecule has 0 atom stereocenters. The minimum atomic E-state index is -0.493. The first-order chi connectivity index (χ1) is 17.0. The number of rotatable bonds is 4. The second-order valence-corrected chi connectivity index (χ2v) is 8.44. The van der Waals surface area contributed by atoms with E-state index in [0.717, 1.165) is 5.69 Å². The minimum Gasteiger partial charge on any atom is -0.399 e. The van der Waals surface area contributed by atoms with Gasteiger partial charge < -0.3 is 16.0 Å². The SMILES string of the molecule is Nc1cccc(Nc2ccc3[nH]c(=O)c(C(=O)c4ccccc4)c4c3c2C(=O)c2ccccc2-4)c1. The van der Waals surface area contributed by atoms with E-state index in [0.29, 0.717) is 50.1 Å². The van der Waals surface area contributed by atoms with Crippen LogP contribution >= 0.6 is 0 Å². The highest BCUT2D eigenvalue weighted by atomic mass is 16.1. The maximum Gasteiger partial charge on any atom is 0.260 e. The van der Waals surface area contributed by atoms with Gasteiger partial charge in [0.2, 0.25) is 0 Å². The molecule has 1 aliphatic rings. The number of hydrogen-bond acceptors (Lipinski definition) is 5. The Balaban J connectivity index is 1.70. The molecule has 168 valence electrons. The molecular weight excluding hydrogens is 438 g/mol. The number of carbonyl (C=O) groups excluding carboxylic acids is 2. The van der Waals surface area contributed by atoms with E-state index >= 15 is 0 Å². The minimum absolute atomic E-state index is 0.0194. The number of carbonyl (C=O) groups is 2. The number of ketones is 2. The Kier molecular flexibility index (Phi) is 4.60. The number of nitrogens with two attached hydrogens (primary N) is 1. The molecule has 1 heterocycles. The average molecular weight is 457 g/mol. The van der Waals surface area contributed by atoms with E-state index in [-0.39, 0.29) is 11.3 Å². The number of nitrogen functional groups attached to an aromatic ring is 1. The lowest BCUT2D eigenvalue weighted by Crippen LogP contribution is -2.24. The molecule has 5 aromatic rings. The van der Waals surface area contributed by atoms with Crippen LogP contribution in [-0.4, -0.2) is 16.6 Å². The van der Waals surface area contributed by atoms with Crippen LogP contribution < -0.4 is 16.6 Å². The fourth-order valence-corrected chi connectivity index (χ4v) is 4.76. The standard InChI is InChI=1S/C29H19N3O3/c30-17-9-6-10-18(15-17)31-22-14-13-21-24-23(19-11-4-5-12-20(19)28(34)25(22)24)26(29(35)32-21)27(33)16-7-2-1-3-8-16/h1-15,31H,30H2,(H,32,35). The molecule has 0 aliphatic heterocycles. The molecule has 0 saturated carbocycles. The van der Waals surface area contributed by atoms with Crippen molar-refractivity contribution in [3.8, 4) is 11.1 Å². The maximum atomic E-state index is 13.8. The smallest absolute Gasteiger partial charge is 0.260 e. The third-order valence-corrected chi connectivity index (χ3v) is 6.28. The molecular formula is C29H19N3O3. The average Bonchev–Trinajstić information content (AvgIpc) is 2.87. The molecule has 1 aromatic heterocycles. The molecule has 4 aromatic carbocycles. The van der Waals surface area contributed by atoms with Gasteiger partial charge in [0.15, 0.2) is 11.6 Å². The Hall–Kier alpha value is -4.97. The molecule has 0 saturated heterocycles. The highest BCUT2D eigenvalue weighted by Crippen LogP contribution is 2.43. The van der Waals surface area contributed by atoms with Gasteiger partial charge in [-0.15, -0.1) is 0 Å². The quantitative estimate of drug-likeness (QED) is 0.246. The fraction of sp³-hybridized carbons (Fsp3) is 0. The number of hydrogen-bond donors (Lipinski definition) is 3. The van der Waals surface area contributed by atoms with E-state index in [9.17, 15) is 14.4 Å². The summed E-state index contributed by atoms with van der Waals surface area (Å²) in [6.45, 7) is 0. The van der Waals surface area contributed by atoms with Crippen LogP contribution in [0.25, 0.3) is 22.0 Å². The molecule has 35 heavy (non-hydrogen) atoms. The van der Waals surface area contributed by atoms with Gasteiger partial charge in [0.1, 0.15) is 0 Å². The van der Waals surface area contributed by atoms with E-state index in [4.69, 9.17) is 5.73 Å². The molecule has 0 amide bonds. The number of fused-ring (bicyclic) bond motifs is 2. The van der Waals surface area contributed by atoms with Crippen LogP contribution in [0.3, 0.4) is 0 Å². The van der Waals surface area contributed by atoms with Crippen molar-refractivity contribution in [3.05, 3.63) is 124 Å². The van der Waals surface area contributed by atoms with Crippen LogP contribution in [-0.2, 0) is 0 Å². The van der Waals surface area contributed by atoms with E-state index < -0.39 is 11.3 Å². The van der Waals surface area contributed by atoms with E-state index in [2.05, 4.69) is 10.3 Å². The maximum absolute atomic E-state index is 13.8. The summed E-state index contributed by atoms with van der Waals surface area (Å²) in [4.78, 5) is 43.5. The van der Waals surface area contributed by atoms with Gasteiger partial charge in [-0.1, -0.05) is 60.7 Å². The van der Waals surface area contributed by atoms with Crippen LogP contribution in [0.1, 0.15) is 31.8 Å². The van der Waals surface area contributed by atoms with Crippen LogP contribution in [0, 0.1) is 0 Å². The lowest BCUT2D eigenvalue weighted by atomic mass is 9.80. The molecule has 4 N–H and O–H groups in total. The highest BCUT2D eigenvalue weighted by molar-refractivity contribution is 6.31. The topological polar surface area (TPSA) is 105 Å². The van der Waals surface area contributed by atoms with Crippen molar-refractivity contribution in [2.75, 3.05) is 11.1 Å². The summed E-state index contributed by atoms with van der Waals surface area (Å²) in [5, 5.41) is 3.84. The molecule has 0 unspecified atom stereocenters. The summed E-state index contributed by atoms with van der Waals surface area (Å²) in [6, 6.07) is 26.5. The van der Waals surface area contributed by atoms with E-state index in [1.807, 2.05) is 18.2 Å². The molecule has 6 heteroatoms. The third-order valence-electron chi connectivity index (χ3n) is 6.28. The molecule has 0 fully saturated rings. The van der Waals surface area contributed by atoms with Crippen molar-refractivity contribution < 1.29 is 9.59 Å². The van der Waals surface area contributed by atoms with Crippen molar-refractivity contribution in [1.29, 1.82) is 0 Å². The zero-order chi connectivity index (χ0) is 24.1. The molecule has 1 aliphatic carbocycles. The molecule has 0 radical (unpaired) electrons. The van der Waals surface area contributed by atoms with Gasteiger partial charge in [0.05, 0.1) is 16.8 Å². The second-order valence-electron chi connectivity index (χ2n) is 8.44. The Morgan fingerprint density at radius 1 is 0.771 bits per heavy atom. The van der Waals surface area contributed by atoms with Crippen molar-refractivity contribution in [1.82, 2.24) is 4.98 Å². The Morgan fingerprint density at radius 3 is 2.29 bits per heavy atom. The zero-order valence-electron chi connectivity index (χ0n) is 18.5. The monoisotopic (exact) mass is 457 g/mol. The first-order valence-corrected chi connectivity index (χ1v) is 11.1. The molecule has 0 spiro atoms. The summed E-state index contributed by atoms with van der Waals surface area (Å²) in [7, 11) is 0. The van der Waals surface area contributed by atoms with Crippen molar-refractivity contribution in [2.24, 2.45) is 0 Å². The lowest BCUT2D eigenvalue weighted by molar-refractivity contribution is 0.102. The summed E-state index contributed by atoms with van der Waals surface area (Å²) in [5.74, 6) is -0.580. The fourth-order valence-electron chi connectivity index (χ4n) is 4.76. The van der Waals surface area contributed by atoms with Gasteiger partial charge >= 0.3 is 0 Å². The Labute approximate surface area is 200 Å². The number of benzene rings is 4. The number of aromatic nitrogens is 1. The van der Waals surface area contributed by atoms with Gasteiger partial charge in [0.25, 0.3) is 5.56 Å². The van der Waals surface area contributed by atoms with E-state index in [1.165, 1.54) is 0 Å². The normalized spacial score (nSPS) is 11.8. The number of aromatic amines is 1.